The summed E-state index contributed by atoms with van der Waals surface area (Å²) in [6, 6.07) is 3.83. The lowest BCUT2D eigenvalue weighted by Crippen LogP contribution is -2.32. The molecule has 0 aliphatic carbocycles. The third-order valence-corrected chi connectivity index (χ3v) is 3.90. The highest BCUT2D eigenvalue weighted by molar-refractivity contribution is 9.10. The van der Waals surface area contributed by atoms with Crippen LogP contribution < -0.4 is 5.73 Å². The van der Waals surface area contributed by atoms with E-state index in [0.717, 1.165) is 15.6 Å². The van der Waals surface area contributed by atoms with Crippen LogP contribution >= 0.6 is 15.9 Å². The Morgan fingerprint density at radius 3 is 3.05 bits per heavy atom. The summed E-state index contributed by atoms with van der Waals surface area (Å²) in [5, 5.41) is 11.9. The molecule has 0 spiro atoms. The summed E-state index contributed by atoms with van der Waals surface area (Å²) in [5.41, 5.74) is 8.57. The molecule has 1 atom stereocenters. The van der Waals surface area contributed by atoms with Crippen molar-refractivity contribution in [1.29, 1.82) is 0 Å². The van der Waals surface area contributed by atoms with E-state index in [-0.39, 0.29) is 6.10 Å². The van der Waals surface area contributed by atoms with Crippen molar-refractivity contribution < 1.29 is 9.47 Å². The molecule has 0 amide bonds. The van der Waals surface area contributed by atoms with Gasteiger partial charge >= 0.3 is 0 Å². The zero-order valence-electron chi connectivity index (χ0n) is 11.6. The summed E-state index contributed by atoms with van der Waals surface area (Å²) in [4.78, 5) is 0. The van der Waals surface area contributed by atoms with Crippen LogP contribution in [0.15, 0.2) is 16.6 Å². The van der Waals surface area contributed by atoms with Gasteiger partial charge in [0.05, 0.1) is 26.4 Å². The first kappa shape index (κ1) is 14.4. The fourth-order valence-corrected chi connectivity index (χ4v) is 2.76. The maximum atomic E-state index is 6.01. The van der Waals surface area contributed by atoms with Gasteiger partial charge in [0.25, 0.3) is 0 Å². The fourth-order valence-electron chi connectivity index (χ4n) is 2.29. The summed E-state index contributed by atoms with van der Waals surface area (Å²) in [6.07, 6.45) is -0.0363. The number of hydrogen-bond acceptors (Lipinski definition) is 6. The van der Waals surface area contributed by atoms with Crippen LogP contribution in [0.1, 0.15) is 5.56 Å². The van der Waals surface area contributed by atoms with Gasteiger partial charge in [0.1, 0.15) is 6.10 Å². The van der Waals surface area contributed by atoms with E-state index in [1.807, 2.05) is 19.1 Å². The highest BCUT2D eigenvalue weighted by Gasteiger charge is 2.20. The largest absolute Gasteiger partial charge is 0.398 e. The molecular weight excluding hydrogens is 338 g/mol. The molecule has 2 heterocycles. The quantitative estimate of drug-likeness (QED) is 0.839. The van der Waals surface area contributed by atoms with Crippen molar-refractivity contribution in [2.75, 3.05) is 25.6 Å². The number of anilines is 1. The van der Waals surface area contributed by atoms with Gasteiger partial charge in [-0.3, -0.25) is 0 Å². The van der Waals surface area contributed by atoms with E-state index in [0.29, 0.717) is 37.9 Å². The van der Waals surface area contributed by atoms with E-state index < -0.39 is 0 Å². The molecule has 1 unspecified atom stereocenters. The average molecular weight is 354 g/mol. The van der Waals surface area contributed by atoms with Gasteiger partial charge in [-0.25, -0.2) is 4.68 Å². The minimum Gasteiger partial charge on any atom is -0.398 e. The normalized spacial score (nSPS) is 18.9. The minimum atomic E-state index is -0.0363. The molecule has 0 saturated carbocycles. The van der Waals surface area contributed by atoms with Crippen LogP contribution in [0, 0.1) is 6.92 Å². The number of halogens is 1. The smallest absolute Gasteiger partial charge is 0.182 e. The van der Waals surface area contributed by atoms with E-state index in [1.165, 1.54) is 0 Å². The van der Waals surface area contributed by atoms with Gasteiger partial charge in [-0.15, -0.1) is 5.10 Å². The third-order valence-electron chi connectivity index (χ3n) is 3.45. The van der Waals surface area contributed by atoms with Crippen molar-refractivity contribution in [2.24, 2.45) is 0 Å². The number of nitrogens with zero attached hydrogens (tertiary/aromatic N) is 4. The summed E-state index contributed by atoms with van der Waals surface area (Å²) in [7, 11) is 0. The van der Waals surface area contributed by atoms with Crippen LogP contribution in [-0.2, 0) is 16.0 Å². The SMILES string of the molecule is Cc1c(N)cc(Br)cc1-c1nnnn1CC1COCCO1. The molecule has 112 valence electrons. The molecule has 1 aliphatic heterocycles. The second kappa shape index (κ2) is 6.08. The molecular formula is C13H16BrN5O2. The van der Waals surface area contributed by atoms with Gasteiger partial charge in [-0.2, -0.15) is 0 Å². The Labute approximate surface area is 130 Å². The number of benzene rings is 1. The van der Waals surface area contributed by atoms with Crippen molar-refractivity contribution in [3.8, 4) is 11.4 Å². The van der Waals surface area contributed by atoms with Crippen molar-refractivity contribution in [2.45, 2.75) is 19.6 Å². The number of hydrogen-bond donors (Lipinski definition) is 1. The molecule has 1 aliphatic rings. The van der Waals surface area contributed by atoms with E-state index in [2.05, 4.69) is 31.5 Å². The lowest BCUT2D eigenvalue weighted by Gasteiger charge is -2.23. The number of aromatic nitrogens is 4. The monoisotopic (exact) mass is 353 g/mol. The molecule has 1 aromatic heterocycles. The van der Waals surface area contributed by atoms with E-state index in [9.17, 15) is 0 Å². The molecule has 2 aromatic rings. The number of ether oxygens (including phenoxy) is 2. The first-order chi connectivity index (χ1) is 10.1. The third kappa shape index (κ3) is 3.07. The molecule has 21 heavy (non-hydrogen) atoms. The number of nitrogen functional groups attached to an aromatic ring is 1. The number of rotatable bonds is 3. The van der Waals surface area contributed by atoms with Gasteiger partial charge < -0.3 is 15.2 Å². The maximum Gasteiger partial charge on any atom is 0.182 e. The second-order valence-corrected chi connectivity index (χ2v) is 5.84. The van der Waals surface area contributed by atoms with Crippen LogP contribution in [0.4, 0.5) is 5.69 Å². The van der Waals surface area contributed by atoms with E-state index in [1.54, 1.807) is 4.68 Å². The van der Waals surface area contributed by atoms with Crippen LogP contribution in [0.25, 0.3) is 11.4 Å². The molecule has 0 bridgehead atoms. The van der Waals surface area contributed by atoms with Crippen LogP contribution in [0.2, 0.25) is 0 Å². The van der Waals surface area contributed by atoms with Crippen LogP contribution in [-0.4, -0.2) is 46.1 Å². The molecule has 3 rings (SSSR count). The Hall–Kier alpha value is -1.51. The number of nitrogens with two attached hydrogens (primary N) is 1. The zero-order chi connectivity index (χ0) is 14.8. The molecule has 8 heteroatoms. The molecule has 0 radical (unpaired) electrons. The van der Waals surface area contributed by atoms with Gasteiger partial charge in [0.15, 0.2) is 5.82 Å². The zero-order valence-corrected chi connectivity index (χ0v) is 13.2. The Bertz CT molecular complexity index is 639. The Balaban J connectivity index is 1.91. The topological polar surface area (TPSA) is 88.1 Å². The first-order valence-electron chi connectivity index (χ1n) is 6.66. The van der Waals surface area contributed by atoms with Gasteiger partial charge in [-0.05, 0) is 35.0 Å². The van der Waals surface area contributed by atoms with Gasteiger partial charge in [0.2, 0.25) is 0 Å². The molecule has 7 nitrogen and oxygen atoms in total. The highest BCUT2D eigenvalue weighted by atomic mass is 79.9. The Morgan fingerprint density at radius 1 is 1.43 bits per heavy atom. The van der Waals surface area contributed by atoms with E-state index in [4.69, 9.17) is 15.2 Å². The number of tetrazole rings is 1. The lowest BCUT2D eigenvalue weighted by molar-refractivity contribution is -0.0946. The minimum absolute atomic E-state index is 0.0363. The standard InChI is InChI=1S/C13H16BrN5O2/c1-8-11(4-9(14)5-12(8)15)13-16-17-18-19(13)6-10-7-20-2-3-21-10/h4-5,10H,2-3,6-7,15H2,1H3. The molecule has 1 aromatic carbocycles. The Kier molecular flexibility index (Phi) is 4.18. The van der Waals surface area contributed by atoms with Crippen molar-refractivity contribution in [1.82, 2.24) is 20.2 Å². The predicted octanol–water partition coefficient (Wildman–Crippen LogP) is 1.41. The average Bonchev–Trinajstić information content (AvgIpc) is 2.92. The van der Waals surface area contributed by atoms with Gasteiger partial charge in [0, 0.05) is 15.7 Å². The second-order valence-electron chi connectivity index (χ2n) is 4.92. The predicted molar refractivity (Wildman–Crippen MR) is 80.7 cm³/mol. The van der Waals surface area contributed by atoms with Crippen LogP contribution in [0.3, 0.4) is 0 Å². The van der Waals surface area contributed by atoms with Gasteiger partial charge in [-0.1, -0.05) is 15.9 Å². The lowest BCUT2D eigenvalue weighted by atomic mass is 10.1. The molecule has 1 fully saturated rings. The van der Waals surface area contributed by atoms with E-state index >= 15 is 0 Å². The Morgan fingerprint density at radius 2 is 2.29 bits per heavy atom. The fraction of sp³-hybridized carbons (Fsp3) is 0.462. The van der Waals surface area contributed by atoms with Crippen molar-refractivity contribution >= 4 is 21.6 Å². The molecule has 1 saturated heterocycles. The van der Waals surface area contributed by atoms with Crippen molar-refractivity contribution in [3.05, 3.63) is 22.2 Å². The van der Waals surface area contributed by atoms with Crippen molar-refractivity contribution in [3.63, 3.8) is 0 Å². The first-order valence-corrected chi connectivity index (χ1v) is 7.46. The summed E-state index contributed by atoms with van der Waals surface area (Å²) in [5.74, 6) is 0.676. The van der Waals surface area contributed by atoms with Crippen LogP contribution in [0.5, 0.6) is 0 Å². The summed E-state index contributed by atoms with van der Waals surface area (Å²) in [6.45, 7) is 4.30. The maximum absolute atomic E-state index is 6.01. The highest BCUT2D eigenvalue weighted by Crippen LogP contribution is 2.29. The molecule has 2 N–H and O–H groups in total. The summed E-state index contributed by atoms with van der Waals surface area (Å²) >= 11 is 3.45. The summed E-state index contributed by atoms with van der Waals surface area (Å²) < 4.78 is 13.7.